The van der Waals surface area contributed by atoms with Crippen molar-refractivity contribution in [3.8, 4) is 34.5 Å². The van der Waals surface area contributed by atoms with Gasteiger partial charge in [-0.15, -0.1) is 0 Å². The Bertz CT molecular complexity index is 2060. The van der Waals surface area contributed by atoms with E-state index < -0.39 is 0 Å². The van der Waals surface area contributed by atoms with Crippen molar-refractivity contribution in [2.75, 3.05) is 0 Å². The molecule has 6 heteroatoms. The first kappa shape index (κ1) is 37.4. The predicted octanol–water partition coefficient (Wildman–Crippen LogP) is 10.4. The molecule has 0 amide bonds. The quantitative estimate of drug-likeness (QED) is 0.0964. The van der Waals surface area contributed by atoms with Crippen LogP contribution in [-0.2, 0) is 0 Å². The van der Waals surface area contributed by atoms with Gasteiger partial charge in [0.05, 0.1) is 0 Å². The molecular formula is C46H48O6. The molecule has 0 fully saturated rings. The minimum atomic E-state index is -0.202. The number of aromatic hydroxyl groups is 6. The molecule has 0 aromatic heterocycles. The van der Waals surface area contributed by atoms with Crippen LogP contribution in [0.3, 0.4) is 0 Å². The highest BCUT2D eigenvalue weighted by molar-refractivity contribution is 5.56. The fourth-order valence-electron chi connectivity index (χ4n) is 7.19. The van der Waals surface area contributed by atoms with Crippen LogP contribution in [0.5, 0.6) is 34.5 Å². The smallest absolute Gasteiger partial charge is 0.121 e. The maximum Gasteiger partial charge on any atom is 0.121 e. The second-order valence-electron chi connectivity index (χ2n) is 14.0. The van der Waals surface area contributed by atoms with Crippen LogP contribution in [0.25, 0.3) is 0 Å². The van der Waals surface area contributed by atoms with Crippen LogP contribution in [0.2, 0.25) is 0 Å². The Kier molecular flexibility index (Phi) is 10.9. The van der Waals surface area contributed by atoms with E-state index in [1.807, 2.05) is 128 Å². The van der Waals surface area contributed by atoms with Crippen LogP contribution < -0.4 is 0 Å². The van der Waals surface area contributed by atoms with Gasteiger partial charge in [0, 0.05) is 17.4 Å². The van der Waals surface area contributed by atoms with Crippen LogP contribution in [0, 0.1) is 55.4 Å². The topological polar surface area (TPSA) is 121 Å². The van der Waals surface area contributed by atoms with Gasteiger partial charge in [0.2, 0.25) is 0 Å². The first-order chi connectivity index (χ1) is 24.6. The highest BCUT2D eigenvalue weighted by atomic mass is 16.3. The third-order valence-electron chi connectivity index (χ3n) is 9.84. The number of aryl methyl sites for hydroxylation is 8. The van der Waals surface area contributed by atoms with Gasteiger partial charge < -0.3 is 30.6 Å². The van der Waals surface area contributed by atoms with E-state index in [-0.39, 0.29) is 23.3 Å². The van der Waals surface area contributed by atoms with Crippen molar-refractivity contribution in [2.24, 2.45) is 0 Å². The van der Waals surface area contributed by atoms with Crippen molar-refractivity contribution in [3.63, 3.8) is 0 Å². The first-order valence-electron chi connectivity index (χ1n) is 17.3. The maximum absolute atomic E-state index is 10.5. The lowest BCUT2D eigenvalue weighted by molar-refractivity contribution is 0.464. The molecule has 0 spiro atoms. The van der Waals surface area contributed by atoms with Crippen molar-refractivity contribution in [2.45, 2.75) is 67.2 Å². The number of phenols is 6. The van der Waals surface area contributed by atoms with Gasteiger partial charge in [-0.05, 0) is 146 Å². The van der Waals surface area contributed by atoms with Crippen LogP contribution in [-0.4, -0.2) is 30.6 Å². The van der Waals surface area contributed by atoms with Crippen LogP contribution in [0.4, 0.5) is 0 Å². The van der Waals surface area contributed by atoms with Crippen LogP contribution in [0.15, 0.2) is 97.1 Å². The van der Waals surface area contributed by atoms with Crippen molar-refractivity contribution < 1.29 is 30.6 Å². The normalized spacial score (nSPS) is 11.1. The molecular weight excluding hydrogens is 649 g/mol. The van der Waals surface area contributed by atoms with Crippen molar-refractivity contribution in [1.29, 1.82) is 0 Å². The zero-order valence-corrected chi connectivity index (χ0v) is 31.1. The molecule has 52 heavy (non-hydrogen) atoms. The van der Waals surface area contributed by atoms with Gasteiger partial charge >= 0.3 is 0 Å². The second kappa shape index (κ2) is 15.2. The molecule has 0 aliphatic heterocycles. The Morgan fingerprint density at radius 3 is 0.981 bits per heavy atom. The Morgan fingerprint density at radius 2 is 0.654 bits per heavy atom. The molecule has 6 aromatic rings. The van der Waals surface area contributed by atoms with E-state index in [0.717, 1.165) is 77.9 Å². The van der Waals surface area contributed by atoms with Crippen molar-refractivity contribution in [1.82, 2.24) is 0 Å². The fourth-order valence-corrected chi connectivity index (χ4v) is 7.19. The lowest BCUT2D eigenvalue weighted by Gasteiger charge is -2.23. The predicted molar refractivity (Wildman–Crippen MR) is 208 cm³/mol. The van der Waals surface area contributed by atoms with E-state index in [1.165, 1.54) is 0 Å². The van der Waals surface area contributed by atoms with E-state index in [0.29, 0.717) is 23.0 Å². The van der Waals surface area contributed by atoms with Crippen LogP contribution in [0.1, 0.15) is 89.7 Å². The Morgan fingerprint density at radius 1 is 0.327 bits per heavy atom. The molecule has 0 aliphatic rings. The molecule has 0 saturated heterocycles. The van der Waals surface area contributed by atoms with Gasteiger partial charge in [0.15, 0.2) is 0 Å². The fraction of sp³-hybridized carbons (Fsp3) is 0.217. The standard InChI is InChI=1S/2C23H24O3/c1-13-8-18(9-14(2)22(13)25)21(17-6-5-7-20(24)12-17)19-10-15(3)23(26)16(4)11-19;1-13-9-17(10-14(2)22(13)25)21(19-7-5-6-8-20(19)24)18-11-15(3)23(26)16(4)12-18/h2*5-12,21,24-26H,1-4H3. The third kappa shape index (κ3) is 7.71. The van der Waals surface area contributed by atoms with Gasteiger partial charge in [-0.2, -0.15) is 0 Å². The summed E-state index contributed by atoms with van der Waals surface area (Å²) in [6.07, 6.45) is 0. The lowest BCUT2D eigenvalue weighted by atomic mass is 9.82. The molecule has 0 atom stereocenters. The third-order valence-corrected chi connectivity index (χ3v) is 9.84. The molecule has 268 valence electrons. The van der Waals surface area contributed by atoms with Crippen LogP contribution >= 0.6 is 0 Å². The summed E-state index contributed by atoms with van der Waals surface area (Å²) >= 11 is 0. The minimum Gasteiger partial charge on any atom is -0.508 e. The number of hydrogen-bond donors (Lipinski definition) is 6. The molecule has 6 aromatic carbocycles. The van der Waals surface area contributed by atoms with E-state index in [9.17, 15) is 30.6 Å². The molecule has 6 N–H and O–H groups in total. The Labute approximate surface area is 306 Å². The Balaban J connectivity index is 0.000000201. The molecule has 0 heterocycles. The number of hydrogen-bond acceptors (Lipinski definition) is 6. The van der Waals surface area contributed by atoms with Gasteiger partial charge in [-0.3, -0.25) is 0 Å². The largest absolute Gasteiger partial charge is 0.508 e. The van der Waals surface area contributed by atoms with E-state index in [4.69, 9.17) is 0 Å². The average Bonchev–Trinajstić information content (AvgIpc) is 3.08. The summed E-state index contributed by atoms with van der Waals surface area (Å²) in [7, 11) is 0. The molecule has 0 radical (unpaired) electrons. The van der Waals surface area contributed by atoms with Crippen molar-refractivity contribution in [3.05, 3.63) is 175 Å². The lowest BCUT2D eigenvalue weighted by Crippen LogP contribution is -2.06. The van der Waals surface area contributed by atoms with E-state index in [1.54, 1.807) is 24.3 Å². The molecule has 6 rings (SSSR count). The van der Waals surface area contributed by atoms with Gasteiger partial charge in [0.25, 0.3) is 0 Å². The summed E-state index contributed by atoms with van der Waals surface area (Å²) in [5.41, 5.74) is 12.3. The zero-order valence-electron chi connectivity index (χ0n) is 31.1. The molecule has 6 nitrogen and oxygen atoms in total. The van der Waals surface area contributed by atoms with Gasteiger partial charge in [-0.1, -0.05) is 78.9 Å². The van der Waals surface area contributed by atoms with E-state index in [2.05, 4.69) is 0 Å². The maximum atomic E-state index is 10.5. The summed E-state index contributed by atoms with van der Waals surface area (Å²) in [6.45, 7) is 15.1. The van der Waals surface area contributed by atoms with Crippen molar-refractivity contribution >= 4 is 0 Å². The number of rotatable bonds is 6. The van der Waals surface area contributed by atoms with Gasteiger partial charge in [-0.25, -0.2) is 0 Å². The monoisotopic (exact) mass is 696 g/mol. The molecule has 0 bridgehead atoms. The number of phenolic OH excluding ortho intramolecular Hbond substituents is 6. The Hall–Kier alpha value is -5.88. The summed E-state index contributed by atoms with van der Waals surface area (Å²) in [5.74, 6) is 1.33. The second-order valence-corrected chi connectivity index (χ2v) is 14.0. The highest BCUT2D eigenvalue weighted by Crippen LogP contribution is 2.41. The number of para-hydroxylation sites is 1. The molecule has 0 aliphatic carbocycles. The highest BCUT2D eigenvalue weighted by Gasteiger charge is 2.23. The zero-order chi connectivity index (χ0) is 38.0. The molecule has 0 saturated carbocycles. The summed E-state index contributed by atoms with van der Waals surface area (Å²) < 4.78 is 0. The average molecular weight is 697 g/mol. The minimum absolute atomic E-state index is 0.113. The summed E-state index contributed by atoms with van der Waals surface area (Å²) in [6, 6.07) is 30.3. The van der Waals surface area contributed by atoms with E-state index >= 15 is 0 Å². The summed E-state index contributed by atoms with van der Waals surface area (Å²) in [4.78, 5) is 0. The first-order valence-corrected chi connectivity index (χ1v) is 17.3. The number of benzene rings is 6. The van der Waals surface area contributed by atoms with Gasteiger partial charge in [0.1, 0.15) is 34.5 Å². The molecule has 0 unspecified atom stereocenters. The summed E-state index contributed by atoms with van der Waals surface area (Å²) in [5, 5.41) is 61.1. The SMILES string of the molecule is Cc1cc(C(c2cc(C)c(O)c(C)c2)c2ccccc2O)cc(C)c1O.Cc1cc(C(c2cccc(O)c2)c2cc(C)c(O)c(C)c2)cc(C)c1O.